The van der Waals surface area contributed by atoms with Crippen LogP contribution in [0.2, 0.25) is 0 Å². The van der Waals surface area contributed by atoms with Crippen LogP contribution in [0.3, 0.4) is 0 Å². The summed E-state index contributed by atoms with van der Waals surface area (Å²) in [4.78, 5) is 7.40. The van der Waals surface area contributed by atoms with Gasteiger partial charge in [-0.25, -0.2) is 4.98 Å². The number of methoxy groups -OCH3 is 1. The van der Waals surface area contributed by atoms with Crippen molar-refractivity contribution in [2.24, 2.45) is 0 Å². The highest BCUT2D eigenvalue weighted by Gasteiger charge is 2.21. The predicted octanol–water partition coefficient (Wildman–Crippen LogP) is 4.69. The zero-order valence-electron chi connectivity index (χ0n) is 17.0. The molecule has 0 atom stereocenters. The summed E-state index contributed by atoms with van der Waals surface area (Å²) in [5.74, 6) is 1.48. The molecule has 1 fully saturated rings. The molecule has 1 aromatic heterocycles. The minimum Gasteiger partial charge on any atom is -0.493 e. The largest absolute Gasteiger partial charge is 0.493 e. The van der Waals surface area contributed by atoms with E-state index < -0.39 is 0 Å². The molecule has 3 aromatic rings. The van der Waals surface area contributed by atoms with E-state index in [-0.39, 0.29) is 0 Å². The number of fused-ring (bicyclic) bond motifs is 2. The lowest BCUT2D eigenvalue weighted by Crippen LogP contribution is -2.38. The molecular weight excluding hydrogens is 350 g/mol. The Hall–Kier alpha value is -2.53. The van der Waals surface area contributed by atoms with Crippen LogP contribution in [0.5, 0.6) is 11.5 Å². The molecule has 0 bridgehead atoms. The fourth-order valence-corrected chi connectivity index (χ4v) is 4.08. The van der Waals surface area contributed by atoms with E-state index in [9.17, 15) is 0 Å². The molecule has 0 spiro atoms. The minimum atomic E-state index is 0.467. The van der Waals surface area contributed by atoms with Crippen molar-refractivity contribution in [2.45, 2.75) is 32.7 Å². The molecule has 0 saturated carbocycles. The Bertz CT molecular complexity index is 965. The Morgan fingerprint density at radius 2 is 1.82 bits per heavy atom. The number of para-hydroxylation sites is 1. The number of piperidine rings is 1. The highest BCUT2D eigenvalue weighted by Crippen LogP contribution is 2.38. The molecule has 1 N–H and O–H groups in total. The van der Waals surface area contributed by atoms with Crippen LogP contribution in [0.15, 0.2) is 36.4 Å². The molecule has 2 heterocycles. The Labute approximate surface area is 166 Å². The standard InChI is InChI=1S/C23H29N3O2/c1-4-26-12-10-16(11-13-26)24-23-17-8-6-7-9-19(17)25-20-15-22(28-5-2)21(27-3)14-18(20)23/h6-9,14-16H,4-5,10-13H2,1-3H3,(H,24,25). The van der Waals surface area contributed by atoms with Gasteiger partial charge in [0.2, 0.25) is 0 Å². The summed E-state index contributed by atoms with van der Waals surface area (Å²) >= 11 is 0. The number of likely N-dealkylation sites (tertiary alicyclic amines) is 1. The zero-order valence-corrected chi connectivity index (χ0v) is 17.0. The second-order valence-electron chi connectivity index (χ2n) is 7.31. The van der Waals surface area contributed by atoms with E-state index in [1.54, 1.807) is 7.11 Å². The topological polar surface area (TPSA) is 46.6 Å². The second-order valence-corrected chi connectivity index (χ2v) is 7.31. The Morgan fingerprint density at radius 3 is 2.54 bits per heavy atom. The zero-order chi connectivity index (χ0) is 19.5. The van der Waals surface area contributed by atoms with E-state index in [1.807, 2.05) is 19.1 Å². The first-order valence-electron chi connectivity index (χ1n) is 10.3. The van der Waals surface area contributed by atoms with Gasteiger partial charge in [0.15, 0.2) is 11.5 Å². The van der Waals surface area contributed by atoms with Crippen LogP contribution >= 0.6 is 0 Å². The SMILES string of the molecule is CCOc1cc2nc3ccccc3c(NC3CCN(CC)CC3)c2cc1OC. The van der Waals surface area contributed by atoms with Gasteiger partial charge in [0, 0.05) is 36.0 Å². The van der Waals surface area contributed by atoms with Crippen LogP contribution < -0.4 is 14.8 Å². The number of nitrogens with one attached hydrogen (secondary N) is 1. The van der Waals surface area contributed by atoms with Gasteiger partial charge in [0.05, 0.1) is 30.4 Å². The fourth-order valence-electron chi connectivity index (χ4n) is 4.08. The number of rotatable bonds is 6. The maximum atomic E-state index is 5.77. The van der Waals surface area contributed by atoms with Crippen LogP contribution in [0.25, 0.3) is 21.8 Å². The molecule has 0 radical (unpaired) electrons. The smallest absolute Gasteiger partial charge is 0.163 e. The molecule has 148 valence electrons. The molecule has 1 aliphatic rings. The average Bonchev–Trinajstić information content (AvgIpc) is 2.74. The van der Waals surface area contributed by atoms with E-state index in [1.165, 1.54) is 0 Å². The molecule has 1 aliphatic heterocycles. The number of hydrogen-bond acceptors (Lipinski definition) is 5. The number of benzene rings is 2. The van der Waals surface area contributed by atoms with Crippen molar-refractivity contribution in [3.05, 3.63) is 36.4 Å². The second kappa shape index (κ2) is 8.23. The van der Waals surface area contributed by atoms with Crippen LogP contribution in [-0.2, 0) is 0 Å². The van der Waals surface area contributed by atoms with Crippen molar-refractivity contribution in [1.29, 1.82) is 0 Å². The molecule has 5 nitrogen and oxygen atoms in total. The number of pyridine rings is 1. The summed E-state index contributed by atoms with van der Waals surface area (Å²) in [6.07, 6.45) is 2.31. The molecule has 0 amide bonds. The molecule has 0 unspecified atom stereocenters. The van der Waals surface area contributed by atoms with Crippen molar-refractivity contribution in [3.8, 4) is 11.5 Å². The van der Waals surface area contributed by atoms with Crippen molar-refractivity contribution < 1.29 is 9.47 Å². The average molecular weight is 380 g/mol. The molecular formula is C23H29N3O2. The number of ether oxygens (including phenoxy) is 2. The summed E-state index contributed by atoms with van der Waals surface area (Å²) in [6.45, 7) is 8.23. The van der Waals surface area contributed by atoms with Crippen LogP contribution in [0, 0.1) is 0 Å². The van der Waals surface area contributed by atoms with Crippen LogP contribution in [0.4, 0.5) is 5.69 Å². The summed E-state index contributed by atoms with van der Waals surface area (Å²) in [5, 5.41) is 6.08. The number of anilines is 1. The van der Waals surface area contributed by atoms with Crippen molar-refractivity contribution in [3.63, 3.8) is 0 Å². The van der Waals surface area contributed by atoms with Crippen LogP contribution in [-0.4, -0.2) is 49.3 Å². The van der Waals surface area contributed by atoms with E-state index in [0.29, 0.717) is 12.6 Å². The van der Waals surface area contributed by atoms with Gasteiger partial charge in [0.1, 0.15) is 0 Å². The molecule has 4 rings (SSSR count). The van der Waals surface area contributed by atoms with E-state index in [2.05, 4.69) is 41.4 Å². The summed E-state index contributed by atoms with van der Waals surface area (Å²) < 4.78 is 11.4. The summed E-state index contributed by atoms with van der Waals surface area (Å²) in [6, 6.07) is 12.9. The predicted molar refractivity (Wildman–Crippen MR) is 116 cm³/mol. The van der Waals surface area contributed by atoms with Gasteiger partial charge in [0.25, 0.3) is 0 Å². The summed E-state index contributed by atoms with van der Waals surface area (Å²) in [5.41, 5.74) is 3.07. The van der Waals surface area contributed by atoms with E-state index >= 15 is 0 Å². The maximum absolute atomic E-state index is 5.77. The number of aromatic nitrogens is 1. The van der Waals surface area contributed by atoms with Gasteiger partial charge in [-0.2, -0.15) is 0 Å². The molecule has 1 saturated heterocycles. The molecule has 2 aromatic carbocycles. The van der Waals surface area contributed by atoms with Gasteiger partial charge in [-0.3, -0.25) is 0 Å². The fraction of sp³-hybridized carbons (Fsp3) is 0.435. The van der Waals surface area contributed by atoms with Gasteiger partial charge in [-0.05, 0) is 38.4 Å². The lowest BCUT2D eigenvalue weighted by Gasteiger charge is -2.32. The van der Waals surface area contributed by atoms with Crippen molar-refractivity contribution >= 4 is 27.5 Å². The summed E-state index contributed by atoms with van der Waals surface area (Å²) in [7, 11) is 1.69. The Kier molecular flexibility index (Phi) is 5.53. The monoisotopic (exact) mass is 379 g/mol. The Balaban J connectivity index is 1.81. The first-order valence-corrected chi connectivity index (χ1v) is 10.3. The van der Waals surface area contributed by atoms with E-state index in [0.717, 1.165) is 71.5 Å². The normalized spacial score (nSPS) is 15.8. The first kappa shape index (κ1) is 18.8. The third-order valence-corrected chi connectivity index (χ3v) is 5.65. The highest BCUT2D eigenvalue weighted by molar-refractivity contribution is 6.08. The highest BCUT2D eigenvalue weighted by atomic mass is 16.5. The minimum absolute atomic E-state index is 0.467. The number of nitrogens with zero attached hydrogens (tertiary/aromatic N) is 2. The third kappa shape index (κ3) is 3.59. The lowest BCUT2D eigenvalue weighted by molar-refractivity contribution is 0.230. The maximum Gasteiger partial charge on any atom is 0.163 e. The lowest BCUT2D eigenvalue weighted by atomic mass is 10.0. The van der Waals surface area contributed by atoms with Crippen molar-refractivity contribution in [1.82, 2.24) is 9.88 Å². The van der Waals surface area contributed by atoms with Gasteiger partial charge < -0.3 is 19.7 Å². The van der Waals surface area contributed by atoms with Crippen LogP contribution in [0.1, 0.15) is 26.7 Å². The van der Waals surface area contributed by atoms with Gasteiger partial charge in [-0.1, -0.05) is 25.1 Å². The molecule has 0 aliphatic carbocycles. The first-order chi connectivity index (χ1) is 13.7. The molecule has 5 heteroatoms. The Morgan fingerprint density at radius 1 is 1.04 bits per heavy atom. The number of hydrogen-bond donors (Lipinski definition) is 1. The van der Waals surface area contributed by atoms with Crippen molar-refractivity contribution in [2.75, 3.05) is 38.7 Å². The quantitative estimate of drug-likeness (QED) is 0.630. The molecule has 28 heavy (non-hydrogen) atoms. The van der Waals surface area contributed by atoms with Gasteiger partial charge in [-0.15, -0.1) is 0 Å². The third-order valence-electron chi connectivity index (χ3n) is 5.65. The van der Waals surface area contributed by atoms with E-state index in [4.69, 9.17) is 14.5 Å². The van der Waals surface area contributed by atoms with Gasteiger partial charge >= 0.3 is 0 Å².